The summed E-state index contributed by atoms with van der Waals surface area (Å²) in [4.78, 5) is 0. The molecule has 1 aromatic heterocycles. The van der Waals surface area contributed by atoms with Gasteiger partial charge in [-0.3, -0.25) is 0 Å². The van der Waals surface area contributed by atoms with E-state index < -0.39 is 0 Å². The molecule has 54 valence electrons. The highest BCUT2D eigenvalue weighted by Crippen LogP contribution is 2.42. The Morgan fingerprint density at radius 2 is 2.30 bits per heavy atom. The molecule has 0 spiro atoms. The molecule has 2 rings (SSSR count). The number of nitrogen functional groups attached to an aromatic ring is 1. The number of hydrogen-bond donors (Lipinski definition) is 1. The predicted molar refractivity (Wildman–Crippen MR) is 37.6 cm³/mol. The van der Waals surface area contributed by atoms with Gasteiger partial charge in [0.15, 0.2) is 5.82 Å². The highest BCUT2D eigenvalue weighted by atomic mass is 16.5. The summed E-state index contributed by atoms with van der Waals surface area (Å²) in [5.74, 6) is 2.16. The SMILES string of the molecule is Cc1c(N)noc1C1CC1. The number of nitrogens with two attached hydrogens (primary N) is 1. The summed E-state index contributed by atoms with van der Waals surface area (Å²) in [6.07, 6.45) is 2.46. The van der Waals surface area contributed by atoms with E-state index in [9.17, 15) is 0 Å². The van der Waals surface area contributed by atoms with Crippen molar-refractivity contribution in [1.82, 2.24) is 5.16 Å². The Balaban J connectivity index is 2.40. The average molecular weight is 138 g/mol. The number of aromatic nitrogens is 1. The Labute approximate surface area is 59.2 Å². The van der Waals surface area contributed by atoms with Gasteiger partial charge in [0.2, 0.25) is 0 Å². The van der Waals surface area contributed by atoms with Crippen LogP contribution in [0.4, 0.5) is 5.82 Å². The predicted octanol–water partition coefficient (Wildman–Crippen LogP) is 1.44. The van der Waals surface area contributed by atoms with Crippen molar-refractivity contribution >= 4 is 5.82 Å². The first-order valence-electron chi connectivity index (χ1n) is 3.50. The van der Waals surface area contributed by atoms with E-state index in [4.69, 9.17) is 10.3 Å². The van der Waals surface area contributed by atoms with Gasteiger partial charge in [-0.05, 0) is 19.8 Å². The van der Waals surface area contributed by atoms with Crippen LogP contribution in [0.1, 0.15) is 30.1 Å². The second kappa shape index (κ2) is 1.75. The Bertz CT molecular complexity index is 250. The summed E-state index contributed by atoms with van der Waals surface area (Å²) in [7, 11) is 0. The standard InChI is InChI=1S/C7H10N2O/c1-4-6(5-2-3-5)10-9-7(4)8/h5H,2-3H2,1H3,(H2,8,9). The van der Waals surface area contributed by atoms with Crippen LogP contribution in [0.15, 0.2) is 4.52 Å². The molecule has 0 unspecified atom stereocenters. The second-order valence-electron chi connectivity index (χ2n) is 2.83. The summed E-state index contributed by atoms with van der Waals surface area (Å²) >= 11 is 0. The average Bonchev–Trinajstić information content (AvgIpc) is 2.67. The number of nitrogens with zero attached hydrogens (tertiary/aromatic N) is 1. The zero-order valence-electron chi connectivity index (χ0n) is 5.92. The van der Waals surface area contributed by atoms with Gasteiger partial charge in [-0.25, -0.2) is 0 Å². The lowest BCUT2D eigenvalue weighted by Gasteiger charge is -1.88. The first-order chi connectivity index (χ1) is 4.79. The lowest BCUT2D eigenvalue weighted by molar-refractivity contribution is 0.386. The third-order valence-electron chi connectivity index (χ3n) is 1.94. The van der Waals surface area contributed by atoms with Crippen LogP contribution in [0, 0.1) is 6.92 Å². The maximum Gasteiger partial charge on any atom is 0.170 e. The van der Waals surface area contributed by atoms with E-state index in [1.807, 2.05) is 6.92 Å². The van der Waals surface area contributed by atoms with Gasteiger partial charge in [0.05, 0.1) is 0 Å². The van der Waals surface area contributed by atoms with Crippen LogP contribution in [0.2, 0.25) is 0 Å². The van der Waals surface area contributed by atoms with Crippen molar-refractivity contribution in [3.63, 3.8) is 0 Å². The van der Waals surface area contributed by atoms with Crippen molar-refractivity contribution in [2.24, 2.45) is 0 Å². The van der Waals surface area contributed by atoms with E-state index in [1.165, 1.54) is 12.8 Å². The van der Waals surface area contributed by atoms with Gasteiger partial charge >= 0.3 is 0 Å². The van der Waals surface area contributed by atoms with Crippen LogP contribution in [-0.2, 0) is 0 Å². The van der Waals surface area contributed by atoms with Gasteiger partial charge in [-0.15, -0.1) is 0 Å². The highest BCUT2D eigenvalue weighted by molar-refractivity contribution is 5.41. The molecule has 0 bridgehead atoms. The van der Waals surface area contributed by atoms with Crippen LogP contribution >= 0.6 is 0 Å². The monoisotopic (exact) mass is 138 g/mol. The largest absolute Gasteiger partial charge is 0.381 e. The molecule has 0 amide bonds. The molecule has 10 heavy (non-hydrogen) atoms. The smallest absolute Gasteiger partial charge is 0.170 e. The third kappa shape index (κ3) is 0.701. The number of anilines is 1. The molecule has 3 heteroatoms. The Morgan fingerprint density at radius 3 is 2.70 bits per heavy atom. The number of rotatable bonds is 1. The van der Waals surface area contributed by atoms with Crippen LogP contribution in [0.3, 0.4) is 0 Å². The molecule has 1 aromatic rings. The minimum atomic E-state index is 0.543. The summed E-state index contributed by atoms with van der Waals surface area (Å²) in [6, 6.07) is 0. The minimum Gasteiger partial charge on any atom is -0.381 e. The Kier molecular flexibility index (Phi) is 1.01. The molecule has 1 fully saturated rings. The molecular weight excluding hydrogens is 128 g/mol. The lowest BCUT2D eigenvalue weighted by Crippen LogP contribution is -1.86. The molecule has 2 N–H and O–H groups in total. The first kappa shape index (κ1) is 5.77. The maximum absolute atomic E-state index is 5.50. The molecule has 0 aromatic carbocycles. The van der Waals surface area contributed by atoms with Crippen molar-refractivity contribution in [2.45, 2.75) is 25.7 Å². The molecule has 0 saturated heterocycles. The summed E-state index contributed by atoms with van der Waals surface area (Å²) < 4.78 is 5.04. The van der Waals surface area contributed by atoms with E-state index in [-0.39, 0.29) is 0 Å². The topological polar surface area (TPSA) is 52.0 Å². The molecule has 0 atom stereocenters. The summed E-state index contributed by atoms with van der Waals surface area (Å²) in [5, 5.41) is 3.68. The van der Waals surface area contributed by atoms with Gasteiger partial charge in [-0.2, -0.15) is 0 Å². The molecule has 0 radical (unpaired) electrons. The van der Waals surface area contributed by atoms with Crippen molar-refractivity contribution < 1.29 is 4.52 Å². The minimum absolute atomic E-state index is 0.543. The molecular formula is C7H10N2O. The van der Waals surface area contributed by atoms with Gasteiger partial charge in [0.25, 0.3) is 0 Å². The van der Waals surface area contributed by atoms with Crippen LogP contribution in [-0.4, -0.2) is 5.16 Å². The van der Waals surface area contributed by atoms with Gasteiger partial charge in [0, 0.05) is 11.5 Å². The fourth-order valence-electron chi connectivity index (χ4n) is 1.09. The second-order valence-corrected chi connectivity index (χ2v) is 2.83. The fraction of sp³-hybridized carbons (Fsp3) is 0.571. The van der Waals surface area contributed by atoms with E-state index in [2.05, 4.69) is 5.16 Å². The van der Waals surface area contributed by atoms with Crippen LogP contribution in [0.25, 0.3) is 0 Å². The van der Waals surface area contributed by atoms with E-state index in [0.717, 1.165) is 11.3 Å². The van der Waals surface area contributed by atoms with Gasteiger partial charge < -0.3 is 10.3 Å². The molecule has 1 aliphatic rings. The van der Waals surface area contributed by atoms with Crippen LogP contribution < -0.4 is 5.73 Å². The first-order valence-corrected chi connectivity index (χ1v) is 3.50. The highest BCUT2D eigenvalue weighted by Gasteiger charge is 2.30. The van der Waals surface area contributed by atoms with Crippen molar-refractivity contribution in [3.05, 3.63) is 11.3 Å². The van der Waals surface area contributed by atoms with Crippen molar-refractivity contribution in [3.8, 4) is 0 Å². The zero-order chi connectivity index (χ0) is 7.14. The lowest BCUT2D eigenvalue weighted by atomic mass is 10.2. The molecule has 0 aliphatic heterocycles. The fourth-order valence-corrected chi connectivity index (χ4v) is 1.09. The third-order valence-corrected chi connectivity index (χ3v) is 1.94. The van der Waals surface area contributed by atoms with Crippen molar-refractivity contribution in [1.29, 1.82) is 0 Å². The van der Waals surface area contributed by atoms with Crippen molar-refractivity contribution in [2.75, 3.05) is 5.73 Å². The summed E-state index contributed by atoms with van der Waals surface area (Å²) in [5.41, 5.74) is 6.53. The maximum atomic E-state index is 5.50. The zero-order valence-corrected chi connectivity index (χ0v) is 5.92. The molecule has 1 saturated carbocycles. The van der Waals surface area contributed by atoms with E-state index in [1.54, 1.807) is 0 Å². The molecule has 1 heterocycles. The molecule has 3 nitrogen and oxygen atoms in total. The Morgan fingerprint density at radius 1 is 1.60 bits per heavy atom. The van der Waals surface area contributed by atoms with E-state index >= 15 is 0 Å². The van der Waals surface area contributed by atoms with Gasteiger partial charge in [-0.1, -0.05) is 5.16 Å². The van der Waals surface area contributed by atoms with Gasteiger partial charge in [0.1, 0.15) is 5.76 Å². The van der Waals surface area contributed by atoms with E-state index in [0.29, 0.717) is 11.7 Å². The molecule has 1 aliphatic carbocycles. The van der Waals surface area contributed by atoms with Crippen LogP contribution in [0.5, 0.6) is 0 Å². The normalized spacial score (nSPS) is 17.7. The Hall–Kier alpha value is -0.990. The quantitative estimate of drug-likeness (QED) is 0.638. The number of hydrogen-bond acceptors (Lipinski definition) is 3. The summed E-state index contributed by atoms with van der Waals surface area (Å²) in [6.45, 7) is 1.96.